The fraction of sp³-hybridized carbons (Fsp3) is 0.120. The Morgan fingerprint density at radius 3 is 2.39 bits per heavy atom. The van der Waals surface area contributed by atoms with Crippen molar-refractivity contribution in [3.8, 4) is 0 Å². The predicted molar refractivity (Wildman–Crippen MR) is 118 cm³/mol. The fourth-order valence-corrected chi connectivity index (χ4v) is 3.95. The minimum absolute atomic E-state index is 0.105. The van der Waals surface area contributed by atoms with E-state index in [9.17, 15) is 19.1 Å². The average Bonchev–Trinajstić information content (AvgIpc) is 3.04. The summed E-state index contributed by atoms with van der Waals surface area (Å²) < 4.78 is 14.8. The summed E-state index contributed by atoms with van der Waals surface area (Å²) in [6.07, 6.45) is 0.815. The number of halogens is 2. The maximum atomic E-state index is 14.8. The molecule has 0 spiro atoms. The molecule has 0 radical (unpaired) electrons. The third-order valence-electron chi connectivity index (χ3n) is 5.37. The van der Waals surface area contributed by atoms with Crippen molar-refractivity contribution in [2.45, 2.75) is 19.4 Å². The van der Waals surface area contributed by atoms with Gasteiger partial charge in [-0.15, -0.1) is 0 Å². The number of hydrogen-bond donors (Lipinski definition) is 1. The third kappa shape index (κ3) is 3.73. The second-order valence-corrected chi connectivity index (χ2v) is 7.66. The molecule has 6 heteroatoms. The summed E-state index contributed by atoms with van der Waals surface area (Å²) in [5.74, 6) is -2.68. The first-order valence-electron chi connectivity index (χ1n) is 9.82. The summed E-state index contributed by atoms with van der Waals surface area (Å²) in [6, 6.07) is 18.2. The van der Waals surface area contributed by atoms with E-state index in [1.54, 1.807) is 36.4 Å². The van der Waals surface area contributed by atoms with Crippen LogP contribution in [-0.4, -0.2) is 16.8 Å². The minimum atomic E-state index is -1.13. The Hall–Kier alpha value is -3.44. The summed E-state index contributed by atoms with van der Waals surface area (Å²) >= 11 is 6.10. The Bertz CT molecular complexity index is 1200. The number of nitrogens with zero attached hydrogens (tertiary/aromatic N) is 1. The quantitative estimate of drug-likeness (QED) is 0.326. The van der Waals surface area contributed by atoms with Crippen molar-refractivity contribution in [2.24, 2.45) is 0 Å². The lowest BCUT2D eigenvalue weighted by Crippen LogP contribution is -2.29. The molecule has 1 amide bonds. The van der Waals surface area contributed by atoms with E-state index in [1.807, 2.05) is 19.1 Å². The first kappa shape index (κ1) is 20.8. The molecule has 1 aliphatic heterocycles. The molecule has 4 rings (SSSR count). The second-order valence-electron chi connectivity index (χ2n) is 7.22. The molecule has 3 aromatic carbocycles. The largest absolute Gasteiger partial charge is 0.507 e. The standard InChI is InChI=1S/C25H19ClFNO3/c1-2-15-10-12-16(13-11-15)23(29)21-22(19-8-3-4-9-20(19)27)28(25(31)24(21)30)18-7-5-6-17(26)14-18/h3-14,22,29H,2H2,1H3/b23-21+. The number of rotatable bonds is 4. The number of aliphatic hydroxyl groups is 1. The Balaban J connectivity index is 1.95. The van der Waals surface area contributed by atoms with Crippen LogP contribution in [-0.2, 0) is 16.0 Å². The molecule has 3 aromatic rings. The van der Waals surface area contributed by atoms with Crippen LogP contribution in [0.5, 0.6) is 0 Å². The van der Waals surface area contributed by atoms with Crippen molar-refractivity contribution in [3.05, 3.63) is 106 Å². The highest BCUT2D eigenvalue weighted by molar-refractivity contribution is 6.51. The smallest absolute Gasteiger partial charge is 0.300 e. The summed E-state index contributed by atoms with van der Waals surface area (Å²) in [4.78, 5) is 27.2. The zero-order chi connectivity index (χ0) is 22.1. The van der Waals surface area contributed by atoms with Gasteiger partial charge in [0.2, 0.25) is 0 Å². The van der Waals surface area contributed by atoms with Crippen molar-refractivity contribution >= 4 is 34.7 Å². The topological polar surface area (TPSA) is 57.6 Å². The van der Waals surface area contributed by atoms with Gasteiger partial charge in [0, 0.05) is 21.8 Å². The van der Waals surface area contributed by atoms with E-state index < -0.39 is 23.5 Å². The first-order valence-corrected chi connectivity index (χ1v) is 10.2. The number of anilines is 1. The fourth-order valence-electron chi connectivity index (χ4n) is 3.77. The van der Waals surface area contributed by atoms with Crippen molar-refractivity contribution < 1.29 is 19.1 Å². The maximum Gasteiger partial charge on any atom is 0.300 e. The van der Waals surface area contributed by atoms with Crippen LogP contribution in [0, 0.1) is 5.82 Å². The molecule has 1 fully saturated rings. The lowest BCUT2D eigenvalue weighted by atomic mass is 9.94. The zero-order valence-corrected chi connectivity index (χ0v) is 17.4. The minimum Gasteiger partial charge on any atom is -0.507 e. The van der Waals surface area contributed by atoms with Gasteiger partial charge in [0.05, 0.1) is 11.6 Å². The number of hydrogen-bond acceptors (Lipinski definition) is 3. The molecule has 1 saturated heterocycles. The number of benzene rings is 3. The van der Waals surface area contributed by atoms with Crippen LogP contribution in [0.15, 0.2) is 78.4 Å². The van der Waals surface area contributed by atoms with E-state index in [1.165, 1.54) is 29.2 Å². The lowest BCUT2D eigenvalue weighted by Gasteiger charge is -2.25. The van der Waals surface area contributed by atoms with Crippen LogP contribution < -0.4 is 4.90 Å². The number of carbonyl (C=O) groups excluding carboxylic acids is 2. The monoisotopic (exact) mass is 435 g/mol. The number of Topliss-reactive ketones (excluding diaryl/α,β-unsaturated/α-hetero) is 1. The predicted octanol–water partition coefficient (Wildman–Crippen LogP) is 5.67. The Morgan fingerprint density at radius 2 is 1.74 bits per heavy atom. The van der Waals surface area contributed by atoms with Gasteiger partial charge in [-0.25, -0.2) is 4.39 Å². The first-order chi connectivity index (χ1) is 14.9. The number of aliphatic hydroxyl groups excluding tert-OH is 1. The molecule has 1 N–H and O–H groups in total. The van der Waals surface area contributed by atoms with Gasteiger partial charge in [-0.05, 0) is 36.2 Å². The Morgan fingerprint density at radius 1 is 1.03 bits per heavy atom. The van der Waals surface area contributed by atoms with E-state index in [0.717, 1.165) is 12.0 Å². The SMILES string of the molecule is CCc1ccc(/C(O)=C2\C(=O)C(=O)N(c3cccc(Cl)c3)C2c2ccccc2F)cc1. The van der Waals surface area contributed by atoms with Gasteiger partial charge in [-0.3, -0.25) is 14.5 Å². The van der Waals surface area contributed by atoms with Crippen molar-refractivity contribution in [3.63, 3.8) is 0 Å². The van der Waals surface area contributed by atoms with Gasteiger partial charge in [-0.1, -0.05) is 67.1 Å². The van der Waals surface area contributed by atoms with Gasteiger partial charge in [-0.2, -0.15) is 0 Å². The van der Waals surface area contributed by atoms with Crippen LogP contribution in [0.2, 0.25) is 5.02 Å². The molecule has 1 aliphatic rings. The van der Waals surface area contributed by atoms with Crippen LogP contribution >= 0.6 is 11.6 Å². The number of carbonyl (C=O) groups is 2. The highest BCUT2D eigenvalue weighted by Crippen LogP contribution is 2.43. The van der Waals surface area contributed by atoms with Crippen LogP contribution in [0.1, 0.15) is 29.7 Å². The molecule has 1 atom stereocenters. The van der Waals surface area contributed by atoms with Gasteiger partial charge >= 0.3 is 0 Å². The molecule has 31 heavy (non-hydrogen) atoms. The molecule has 1 heterocycles. The summed E-state index contributed by atoms with van der Waals surface area (Å²) in [5.41, 5.74) is 1.71. The molecule has 4 nitrogen and oxygen atoms in total. The molecule has 0 bridgehead atoms. The van der Waals surface area contributed by atoms with Gasteiger partial charge in [0.25, 0.3) is 11.7 Å². The van der Waals surface area contributed by atoms with E-state index in [0.29, 0.717) is 16.3 Å². The summed E-state index contributed by atoms with van der Waals surface area (Å²) in [7, 11) is 0. The molecule has 1 unspecified atom stereocenters. The Kier molecular flexibility index (Phi) is 5.61. The van der Waals surface area contributed by atoms with Gasteiger partial charge in [0.15, 0.2) is 0 Å². The number of aryl methyl sites for hydroxylation is 1. The lowest BCUT2D eigenvalue weighted by molar-refractivity contribution is -0.132. The third-order valence-corrected chi connectivity index (χ3v) is 5.60. The number of ketones is 1. The second kappa shape index (κ2) is 8.36. The molecule has 0 saturated carbocycles. The molecule has 0 aromatic heterocycles. The van der Waals surface area contributed by atoms with E-state index >= 15 is 0 Å². The van der Waals surface area contributed by atoms with E-state index in [4.69, 9.17) is 11.6 Å². The number of amides is 1. The highest BCUT2D eigenvalue weighted by atomic mass is 35.5. The highest BCUT2D eigenvalue weighted by Gasteiger charge is 2.47. The van der Waals surface area contributed by atoms with Crippen LogP contribution in [0.4, 0.5) is 10.1 Å². The van der Waals surface area contributed by atoms with E-state index in [-0.39, 0.29) is 16.9 Å². The zero-order valence-electron chi connectivity index (χ0n) is 16.7. The van der Waals surface area contributed by atoms with Crippen molar-refractivity contribution in [1.82, 2.24) is 0 Å². The van der Waals surface area contributed by atoms with E-state index in [2.05, 4.69) is 0 Å². The molecule has 156 valence electrons. The Labute approximate surface area is 184 Å². The summed E-state index contributed by atoms with van der Waals surface area (Å²) in [5, 5.41) is 11.4. The summed E-state index contributed by atoms with van der Waals surface area (Å²) in [6.45, 7) is 2.00. The van der Waals surface area contributed by atoms with Gasteiger partial charge < -0.3 is 5.11 Å². The van der Waals surface area contributed by atoms with Crippen LogP contribution in [0.3, 0.4) is 0 Å². The van der Waals surface area contributed by atoms with Gasteiger partial charge in [0.1, 0.15) is 11.6 Å². The maximum absolute atomic E-state index is 14.8. The van der Waals surface area contributed by atoms with Crippen molar-refractivity contribution in [2.75, 3.05) is 4.90 Å². The normalized spacial score (nSPS) is 17.9. The molecular formula is C25H19ClFNO3. The molecular weight excluding hydrogens is 417 g/mol. The van der Waals surface area contributed by atoms with Crippen molar-refractivity contribution in [1.29, 1.82) is 0 Å². The molecule has 0 aliphatic carbocycles. The van der Waals surface area contributed by atoms with Crippen LogP contribution in [0.25, 0.3) is 5.76 Å². The average molecular weight is 436 g/mol.